The first-order chi connectivity index (χ1) is 9.79. The summed E-state index contributed by atoms with van der Waals surface area (Å²) >= 11 is 0. The average Bonchev–Trinajstić information content (AvgIpc) is 2.44. The predicted octanol–water partition coefficient (Wildman–Crippen LogP) is 0.583. The molecular formula is C13H19N3O4S. The summed E-state index contributed by atoms with van der Waals surface area (Å²) in [7, 11) is -2.22. The van der Waals surface area contributed by atoms with E-state index in [0.717, 1.165) is 0 Å². The van der Waals surface area contributed by atoms with E-state index in [2.05, 4.69) is 10.0 Å². The van der Waals surface area contributed by atoms with Gasteiger partial charge in [0.25, 0.3) is 0 Å². The van der Waals surface area contributed by atoms with Crippen molar-refractivity contribution in [3.05, 3.63) is 24.3 Å². The number of aliphatic hydroxyl groups is 1. The number of β-amino-alcohol motifs (C(OH)–C–C–N with tert-alkyl or cyclic N) is 1. The predicted molar refractivity (Wildman–Crippen MR) is 78.5 cm³/mol. The summed E-state index contributed by atoms with van der Waals surface area (Å²) in [6.45, 7) is 2.43. The van der Waals surface area contributed by atoms with Gasteiger partial charge < -0.3 is 15.3 Å². The molecule has 0 radical (unpaired) electrons. The molecule has 1 aliphatic heterocycles. The largest absolute Gasteiger partial charge is 0.386 e. The lowest BCUT2D eigenvalue weighted by Gasteiger charge is -2.45. The molecule has 1 saturated heterocycles. The molecule has 0 aromatic heterocycles. The highest BCUT2D eigenvalue weighted by molar-refractivity contribution is 7.89. The van der Waals surface area contributed by atoms with Gasteiger partial charge in [0.05, 0.1) is 23.6 Å². The van der Waals surface area contributed by atoms with Gasteiger partial charge in [0.15, 0.2) is 0 Å². The molecular weight excluding hydrogens is 294 g/mol. The first-order valence-electron chi connectivity index (χ1n) is 6.61. The lowest BCUT2D eigenvalue weighted by molar-refractivity contribution is -0.0755. The molecule has 7 nitrogen and oxygen atoms in total. The first kappa shape index (κ1) is 15.7. The van der Waals surface area contributed by atoms with Gasteiger partial charge in [-0.2, -0.15) is 0 Å². The number of amides is 2. The zero-order valence-corrected chi connectivity index (χ0v) is 12.8. The van der Waals surface area contributed by atoms with Crippen molar-refractivity contribution in [3.63, 3.8) is 0 Å². The Kier molecular flexibility index (Phi) is 4.22. The van der Waals surface area contributed by atoms with Crippen molar-refractivity contribution in [3.8, 4) is 0 Å². The number of anilines is 1. The first-order valence-corrected chi connectivity index (χ1v) is 8.10. The van der Waals surface area contributed by atoms with E-state index >= 15 is 0 Å². The van der Waals surface area contributed by atoms with Crippen LogP contribution < -0.4 is 10.0 Å². The minimum atomic E-state index is -3.55. The van der Waals surface area contributed by atoms with Crippen molar-refractivity contribution in [2.24, 2.45) is 0 Å². The Morgan fingerprint density at radius 3 is 2.67 bits per heavy atom. The number of carbonyl (C=O) groups is 1. The summed E-state index contributed by atoms with van der Waals surface area (Å²) in [6.07, 6.45) is 0.590. The molecule has 2 amide bonds. The summed E-state index contributed by atoms with van der Waals surface area (Å²) in [4.78, 5) is 13.5. The van der Waals surface area contributed by atoms with Gasteiger partial charge in [-0.3, -0.25) is 0 Å². The fourth-order valence-corrected chi connectivity index (χ4v) is 2.87. The van der Waals surface area contributed by atoms with Crippen molar-refractivity contribution in [1.82, 2.24) is 9.62 Å². The minimum absolute atomic E-state index is 0.0801. The van der Waals surface area contributed by atoms with Crippen molar-refractivity contribution >= 4 is 21.7 Å². The number of hydrogen-bond donors (Lipinski definition) is 3. The highest BCUT2D eigenvalue weighted by atomic mass is 32.2. The smallest absolute Gasteiger partial charge is 0.322 e. The molecule has 0 atom stereocenters. The van der Waals surface area contributed by atoms with Crippen LogP contribution in [-0.2, 0) is 10.0 Å². The maximum absolute atomic E-state index is 12.0. The summed E-state index contributed by atoms with van der Waals surface area (Å²) in [6, 6.07) is 5.64. The maximum Gasteiger partial charge on any atom is 0.322 e. The van der Waals surface area contributed by atoms with Crippen LogP contribution in [0.3, 0.4) is 0 Å². The van der Waals surface area contributed by atoms with Gasteiger partial charge >= 0.3 is 6.03 Å². The topological polar surface area (TPSA) is 98.7 Å². The molecule has 2 rings (SSSR count). The van der Waals surface area contributed by atoms with Crippen LogP contribution in [0, 0.1) is 0 Å². The maximum atomic E-state index is 12.0. The van der Waals surface area contributed by atoms with Crippen LogP contribution in [0.5, 0.6) is 0 Å². The van der Waals surface area contributed by atoms with Crippen LogP contribution in [0.2, 0.25) is 0 Å². The number of sulfonamides is 1. The fourth-order valence-electron chi connectivity index (χ4n) is 2.09. The Bertz CT molecular complexity index is 639. The van der Waals surface area contributed by atoms with Crippen molar-refractivity contribution in [2.75, 3.05) is 25.5 Å². The summed E-state index contributed by atoms with van der Waals surface area (Å²) in [5, 5.41) is 12.5. The van der Waals surface area contributed by atoms with Crippen molar-refractivity contribution < 1.29 is 18.3 Å². The van der Waals surface area contributed by atoms with Gasteiger partial charge in [0, 0.05) is 5.69 Å². The number of nitrogens with zero attached hydrogens (tertiary/aromatic N) is 1. The molecule has 0 aliphatic carbocycles. The van der Waals surface area contributed by atoms with Crippen LogP contribution in [0.1, 0.15) is 13.3 Å². The zero-order chi connectivity index (χ0) is 15.7. The molecule has 1 heterocycles. The molecule has 0 bridgehead atoms. The molecule has 3 N–H and O–H groups in total. The molecule has 0 spiro atoms. The van der Waals surface area contributed by atoms with E-state index in [1.807, 2.05) is 6.92 Å². The van der Waals surface area contributed by atoms with Crippen LogP contribution in [-0.4, -0.2) is 50.2 Å². The van der Waals surface area contributed by atoms with Gasteiger partial charge in [-0.25, -0.2) is 17.9 Å². The lowest BCUT2D eigenvalue weighted by atomic mass is 9.92. The summed E-state index contributed by atoms with van der Waals surface area (Å²) in [5.74, 6) is 0. The van der Waals surface area contributed by atoms with Gasteiger partial charge in [-0.15, -0.1) is 0 Å². The monoisotopic (exact) mass is 313 g/mol. The number of rotatable bonds is 4. The molecule has 1 aliphatic rings. The van der Waals surface area contributed by atoms with Crippen LogP contribution in [0.4, 0.5) is 10.5 Å². The number of carbonyl (C=O) groups excluding carboxylic acids is 1. The average molecular weight is 313 g/mol. The third-order valence-electron chi connectivity index (χ3n) is 3.58. The molecule has 8 heteroatoms. The molecule has 0 unspecified atom stereocenters. The molecule has 1 aromatic rings. The molecule has 21 heavy (non-hydrogen) atoms. The molecule has 116 valence electrons. The van der Waals surface area contributed by atoms with E-state index in [-0.39, 0.29) is 24.0 Å². The van der Waals surface area contributed by atoms with E-state index < -0.39 is 15.6 Å². The second-order valence-electron chi connectivity index (χ2n) is 5.10. The Morgan fingerprint density at radius 1 is 1.43 bits per heavy atom. The third-order valence-corrected chi connectivity index (χ3v) is 4.99. The second-order valence-corrected chi connectivity index (χ2v) is 6.99. The zero-order valence-electron chi connectivity index (χ0n) is 12.0. The lowest BCUT2D eigenvalue weighted by Crippen LogP contribution is -2.63. The van der Waals surface area contributed by atoms with Crippen LogP contribution in [0.25, 0.3) is 0 Å². The van der Waals surface area contributed by atoms with Gasteiger partial charge in [-0.1, -0.05) is 13.0 Å². The number of hydrogen-bond acceptors (Lipinski definition) is 4. The minimum Gasteiger partial charge on any atom is -0.386 e. The molecule has 1 fully saturated rings. The second kappa shape index (κ2) is 5.63. The van der Waals surface area contributed by atoms with Crippen LogP contribution in [0.15, 0.2) is 29.2 Å². The Balaban J connectivity index is 2.04. The molecule has 0 saturated carbocycles. The number of nitrogens with one attached hydrogen (secondary N) is 2. The number of benzene rings is 1. The number of likely N-dealkylation sites (tertiary alicyclic amines) is 1. The fraction of sp³-hybridized carbons (Fsp3) is 0.462. The Labute approximate surface area is 124 Å². The van der Waals surface area contributed by atoms with E-state index in [0.29, 0.717) is 12.1 Å². The van der Waals surface area contributed by atoms with Crippen molar-refractivity contribution in [1.29, 1.82) is 0 Å². The van der Waals surface area contributed by atoms with Gasteiger partial charge in [-0.05, 0) is 31.7 Å². The summed E-state index contributed by atoms with van der Waals surface area (Å²) < 4.78 is 25.6. The Hall–Kier alpha value is -1.64. The standard InChI is InChI=1S/C13H19N3O4S/c1-3-13(18)8-16(9-13)12(17)15-10-5-4-6-11(7-10)21(19,20)14-2/h4-7,14,18H,3,8-9H2,1-2H3,(H,15,17). The summed E-state index contributed by atoms with van der Waals surface area (Å²) in [5.41, 5.74) is -0.405. The normalized spacial score (nSPS) is 17.2. The highest BCUT2D eigenvalue weighted by Gasteiger charge is 2.42. The highest BCUT2D eigenvalue weighted by Crippen LogP contribution is 2.25. The van der Waals surface area contributed by atoms with Gasteiger partial charge in [0.1, 0.15) is 0 Å². The van der Waals surface area contributed by atoms with E-state index in [1.54, 1.807) is 12.1 Å². The quantitative estimate of drug-likeness (QED) is 0.757. The Morgan fingerprint density at radius 2 is 2.10 bits per heavy atom. The SMILES string of the molecule is CCC1(O)CN(C(=O)Nc2cccc(S(=O)(=O)NC)c2)C1. The number of urea groups is 1. The van der Waals surface area contributed by atoms with Crippen LogP contribution >= 0.6 is 0 Å². The van der Waals surface area contributed by atoms with E-state index in [4.69, 9.17) is 0 Å². The van der Waals surface area contributed by atoms with Gasteiger partial charge in [0.2, 0.25) is 10.0 Å². The third kappa shape index (κ3) is 3.34. The van der Waals surface area contributed by atoms with E-state index in [9.17, 15) is 18.3 Å². The van der Waals surface area contributed by atoms with E-state index in [1.165, 1.54) is 24.1 Å². The molecule has 1 aromatic carbocycles. The van der Waals surface area contributed by atoms with Crippen molar-refractivity contribution in [2.45, 2.75) is 23.8 Å².